The summed E-state index contributed by atoms with van der Waals surface area (Å²) in [7, 11) is 2.29. The summed E-state index contributed by atoms with van der Waals surface area (Å²) < 4.78 is 0. The van der Waals surface area contributed by atoms with E-state index in [1.165, 1.54) is 0 Å². The van der Waals surface area contributed by atoms with Gasteiger partial charge in [-0.15, -0.1) is 0 Å². The molecule has 0 atom stereocenters. The predicted molar refractivity (Wildman–Crippen MR) is 34.4 cm³/mol. The summed E-state index contributed by atoms with van der Waals surface area (Å²) in [5.41, 5.74) is 0. The molecule has 6 heteroatoms. The second kappa shape index (κ2) is 3.21. The van der Waals surface area contributed by atoms with Crippen LogP contribution in [0.2, 0.25) is 0 Å². The maximum Gasteiger partial charge on any atom is 0.0273 e. The number of hydrogen-bond donors (Lipinski definition) is 3. The van der Waals surface area contributed by atoms with Gasteiger partial charge < -0.3 is 0 Å². The van der Waals surface area contributed by atoms with E-state index in [1.807, 2.05) is 0 Å². The van der Waals surface area contributed by atoms with Crippen molar-refractivity contribution in [3.05, 3.63) is 0 Å². The van der Waals surface area contributed by atoms with Crippen LogP contribution in [0, 0.1) is 0 Å². The van der Waals surface area contributed by atoms with Crippen molar-refractivity contribution < 1.29 is 0 Å². The molecule has 0 aliphatic carbocycles. The van der Waals surface area contributed by atoms with Crippen LogP contribution in [-0.2, 0) is 0 Å². The molecule has 1 aliphatic rings. The highest BCUT2D eigenvalue weighted by Crippen LogP contribution is 2.23. The Labute approximate surface area is 42.1 Å². The minimum Gasteiger partial charge on any atom is -0.254 e. The van der Waals surface area contributed by atoms with Gasteiger partial charge in [-0.1, -0.05) is 0 Å². The molecule has 0 amide bonds. The maximum absolute atomic E-state index is 3.12. The van der Waals surface area contributed by atoms with Crippen LogP contribution < -0.4 is 14.6 Å². The average Bonchev–Trinajstić information content (AvgIpc) is 1.72. The van der Waals surface area contributed by atoms with Gasteiger partial charge in [0.05, 0.1) is 0 Å². The first kappa shape index (κ1) is 5.31. The minimum absolute atomic E-state index is 0.764. The fraction of sp³-hybridized carbons (Fsp3) is 0. The van der Waals surface area contributed by atoms with E-state index in [0.717, 1.165) is 26.6 Å². The summed E-state index contributed by atoms with van der Waals surface area (Å²) in [4.78, 5) is 9.38. The van der Waals surface area contributed by atoms with E-state index in [4.69, 9.17) is 0 Å². The maximum atomic E-state index is 3.12. The summed E-state index contributed by atoms with van der Waals surface area (Å²) in [5.74, 6) is 0. The zero-order valence-electron chi connectivity index (χ0n) is 3.00. The molecule has 1 fully saturated rings. The third-order valence-corrected chi connectivity index (χ3v) is 3.38. The normalized spacial score (nSPS) is 36.0. The zero-order valence-corrected chi connectivity index (χ0v) is 6.00. The second-order valence-corrected chi connectivity index (χ2v) is 4.50. The molecule has 1 rings (SSSR count). The van der Waals surface area contributed by atoms with Gasteiger partial charge >= 0.3 is 0 Å². The summed E-state index contributed by atoms with van der Waals surface area (Å²) in [6, 6.07) is 0. The molecule has 0 bridgehead atoms. The summed E-state index contributed by atoms with van der Waals surface area (Å²) in [5, 5.41) is 0. The van der Waals surface area contributed by atoms with Crippen LogP contribution in [-0.4, -0.2) is 0 Å². The summed E-state index contributed by atoms with van der Waals surface area (Å²) in [6.45, 7) is 0. The Morgan fingerprint density at radius 1 is 0.667 bits per heavy atom. The molecule has 1 saturated heterocycles. The van der Waals surface area contributed by atoms with Crippen molar-refractivity contribution in [2.45, 2.75) is 0 Å². The highest BCUT2D eigenvalue weighted by Gasteiger charge is 1.89. The Kier molecular flexibility index (Phi) is 2.84. The van der Waals surface area contributed by atoms with Crippen LogP contribution in [0.15, 0.2) is 0 Å². The molecule has 36 valence electrons. The van der Waals surface area contributed by atoms with Crippen molar-refractivity contribution in [1.29, 1.82) is 0 Å². The van der Waals surface area contributed by atoms with E-state index >= 15 is 0 Å². The van der Waals surface area contributed by atoms with Crippen LogP contribution in [0.25, 0.3) is 0 Å². The van der Waals surface area contributed by atoms with Gasteiger partial charge in [-0.25, -0.2) is 0 Å². The number of nitrogens with one attached hydrogen (secondary N) is 3. The van der Waals surface area contributed by atoms with Crippen molar-refractivity contribution in [1.82, 2.24) is 14.6 Å². The van der Waals surface area contributed by atoms with Crippen LogP contribution in [0.1, 0.15) is 0 Å². The number of hydrogen-bond acceptors (Lipinski definition) is 3. The SMILES string of the molecule is N1PNPNP1. The van der Waals surface area contributed by atoms with Gasteiger partial charge in [0.1, 0.15) is 0 Å². The first-order valence-electron chi connectivity index (χ1n) is 1.50. The smallest absolute Gasteiger partial charge is 0.0273 e. The lowest BCUT2D eigenvalue weighted by Gasteiger charge is -2.12. The largest absolute Gasteiger partial charge is 0.254 e. The van der Waals surface area contributed by atoms with Gasteiger partial charge in [0.2, 0.25) is 0 Å². The van der Waals surface area contributed by atoms with Crippen molar-refractivity contribution in [3.8, 4) is 0 Å². The topological polar surface area (TPSA) is 36.1 Å². The molecule has 1 heterocycles. The molecule has 1 aliphatic heterocycles. The van der Waals surface area contributed by atoms with Gasteiger partial charge in [0, 0.05) is 26.6 Å². The predicted octanol–water partition coefficient (Wildman–Crippen LogP) is 0.294. The Hall–Kier alpha value is 1.17. The van der Waals surface area contributed by atoms with E-state index in [0.29, 0.717) is 0 Å². The molecule has 0 aromatic rings. The highest BCUT2D eigenvalue weighted by atomic mass is 31.2. The fourth-order valence-corrected chi connectivity index (χ4v) is 3.38. The first-order chi connectivity index (χ1) is 3.00. The molecule has 0 unspecified atom stereocenters. The lowest BCUT2D eigenvalue weighted by atomic mass is 13.8. The van der Waals surface area contributed by atoms with E-state index in [1.54, 1.807) is 0 Å². The molecule has 0 spiro atoms. The molecule has 0 saturated carbocycles. The molecule has 6 heavy (non-hydrogen) atoms. The Bertz CT molecular complexity index is 21.5. The van der Waals surface area contributed by atoms with Gasteiger partial charge in [-0.2, -0.15) is 0 Å². The minimum atomic E-state index is 0.764. The first-order valence-corrected chi connectivity index (χ1v) is 4.50. The third-order valence-electron chi connectivity index (χ3n) is 0.375. The van der Waals surface area contributed by atoms with E-state index < -0.39 is 0 Å². The summed E-state index contributed by atoms with van der Waals surface area (Å²) >= 11 is 0. The van der Waals surface area contributed by atoms with Crippen molar-refractivity contribution in [2.24, 2.45) is 0 Å². The fourth-order valence-electron chi connectivity index (χ4n) is 0.188. The average molecular weight is 141 g/mol. The van der Waals surface area contributed by atoms with E-state index in [9.17, 15) is 0 Å². The molecular weight excluding hydrogens is 135 g/mol. The quantitative estimate of drug-likeness (QED) is 0.424. The van der Waals surface area contributed by atoms with Gasteiger partial charge in [-0.3, -0.25) is 14.6 Å². The number of rotatable bonds is 0. The van der Waals surface area contributed by atoms with Crippen molar-refractivity contribution in [2.75, 3.05) is 0 Å². The van der Waals surface area contributed by atoms with Gasteiger partial charge in [-0.05, 0) is 0 Å². The molecule has 0 aromatic carbocycles. The lowest BCUT2D eigenvalue weighted by molar-refractivity contribution is 1.44. The monoisotopic (exact) mass is 141 g/mol. The van der Waals surface area contributed by atoms with Crippen LogP contribution in [0.5, 0.6) is 0 Å². The lowest BCUT2D eigenvalue weighted by Crippen LogP contribution is -2.07. The summed E-state index contributed by atoms with van der Waals surface area (Å²) in [6.07, 6.45) is 0. The van der Waals surface area contributed by atoms with Gasteiger partial charge in [0.15, 0.2) is 0 Å². The zero-order chi connectivity index (χ0) is 4.24. The van der Waals surface area contributed by atoms with E-state index in [2.05, 4.69) is 14.6 Å². The molecule has 0 radical (unpaired) electrons. The van der Waals surface area contributed by atoms with E-state index in [-0.39, 0.29) is 0 Å². The van der Waals surface area contributed by atoms with Crippen LogP contribution in [0.3, 0.4) is 0 Å². The molecular formula is H6N3P3. The van der Waals surface area contributed by atoms with Crippen LogP contribution >= 0.6 is 26.6 Å². The van der Waals surface area contributed by atoms with Crippen LogP contribution in [0.4, 0.5) is 0 Å². The Morgan fingerprint density at radius 3 is 1.17 bits per heavy atom. The standard InChI is InChI=1S/H6N3P3/c1-4-2-6-3-5-1/h1-6H. The molecule has 3 nitrogen and oxygen atoms in total. The Balaban J connectivity index is 2.00. The second-order valence-electron chi connectivity index (χ2n) is 0.750. The Morgan fingerprint density at radius 2 is 1.00 bits per heavy atom. The highest BCUT2D eigenvalue weighted by molar-refractivity contribution is 7.65. The molecule has 0 aromatic heterocycles. The molecule has 3 N–H and O–H groups in total. The third kappa shape index (κ3) is 1.75. The van der Waals surface area contributed by atoms with Gasteiger partial charge in [0.25, 0.3) is 0 Å². The van der Waals surface area contributed by atoms with Crippen molar-refractivity contribution >= 4 is 26.6 Å². The van der Waals surface area contributed by atoms with Crippen molar-refractivity contribution in [3.63, 3.8) is 0 Å².